The molecule has 0 aliphatic carbocycles. The summed E-state index contributed by atoms with van der Waals surface area (Å²) in [4.78, 5) is 6.19. The summed E-state index contributed by atoms with van der Waals surface area (Å²) < 4.78 is 31.5. The number of guanidine groups is 1. The summed E-state index contributed by atoms with van der Waals surface area (Å²) in [6, 6.07) is 12.6. The third-order valence-corrected chi connectivity index (χ3v) is 3.88. The lowest BCUT2D eigenvalue weighted by atomic mass is 10.1. The minimum absolute atomic E-state index is 0. The highest BCUT2D eigenvalue weighted by molar-refractivity contribution is 14.0. The lowest BCUT2D eigenvalue weighted by molar-refractivity contribution is 0.106. The zero-order valence-electron chi connectivity index (χ0n) is 15.1. The predicted molar refractivity (Wildman–Crippen MR) is 111 cm³/mol. The van der Waals surface area contributed by atoms with Crippen LogP contribution in [0.3, 0.4) is 0 Å². The molecule has 2 rings (SSSR count). The van der Waals surface area contributed by atoms with Crippen LogP contribution in [-0.2, 0) is 11.3 Å². The van der Waals surface area contributed by atoms with E-state index in [1.165, 1.54) is 24.3 Å². The molecule has 0 fully saturated rings. The fraction of sp³-hybridized carbons (Fsp3) is 0.316. The second-order valence-corrected chi connectivity index (χ2v) is 5.69. The fourth-order valence-corrected chi connectivity index (χ4v) is 2.52. The van der Waals surface area contributed by atoms with Crippen molar-refractivity contribution in [3.63, 3.8) is 0 Å². The van der Waals surface area contributed by atoms with Crippen molar-refractivity contribution in [2.24, 2.45) is 4.99 Å². The number of benzene rings is 2. The molecule has 142 valence electrons. The molecule has 4 nitrogen and oxygen atoms in total. The first-order chi connectivity index (χ1) is 12.0. The van der Waals surface area contributed by atoms with Crippen LogP contribution in [0, 0.1) is 11.6 Å². The van der Waals surface area contributed by atoms with Crippen LogP contribution >= 0.6 is 24.0 Å². The van der Waals surface area contributed by atoms with Gasteiger partial charge in [0, 0.05) is 34.3 Å². The Morgan fingerprint density at radius 1 is 1.08 bits per heavy atom. The van der Waals surface area contributed by atoms with Crippen molar-refractivity contribution in [3.8, 4) is 0 Å². The van der Waals surface area contributed by atoms with Gasteiger partial charge < -0.3 is 15.0 Å². The molecule has 2 aromatic carbocycles. The molecule has 7 heteroatoms. The highest BCUT2D eigenvalue weighted by Gasteiger charge is 2.13. The summed E-state index contributed by atoms with van der Waals surface area (Å²) in [5.74, 6) is 0.158. The van der Waals surface area contributed by atoms with Crippen LogP contribution in [0.1, 0.15) is 17.2 Å². The average Bonchev–Trinajstić information content (AvgIpc) is 2.62. The predicted octanol–water partition coefficient (Wildman–Crippen LogP) is 3.98. The highest BCUT2D eigenvalue weighted by atomic mass is 127. The second kappa shape index (κ2) is 11.1. The van der Waals surface area contributed by atoms with Gasteiger partial charge in [0.2, 0.25) is 0 Å². The molecule has 0 bridgehead atoms. The van der Waals surface area contributed by atoms with Gasteiger partial charge in [-0.05, 0) is 35.4 Å². The van der Waals surface area contributed by atoms with E-state index in [-0.39, 0.29) is 41.7 Å². The van der Waals surface area contributed by atoms with Gasteiger partial charge in [-0.2, -0.15) is 0 Å². The standard InChI is InChI=1S/C19H23F2N3O.HI/c1-22-19(24(2)13-14-4-8-16(20)9-5-14)23-12-18(25-3)15-6-10-17(21)11-7-15;/h4-11,18H,12-13H2,1-3H3,(H,22,23);1H. The molecule has 0 aliphatic rings. The summed E-state index contributed by atoms with van der Waals surface area (Å²) in [7, 11) is 5.21. The number of aliphatic imine (C=N–C) groups is 1. The van der Waals surface area contributed by atoms with Crippen LogP contribution in [0.2, 0.25) is 0 Å². The van der Waals surface area contributed by atoms with E-state index in [2.05, 4.69) is 10.3 Å². The van der Waals surface area contributed by atoms with Gasteiger partial charge in [0.05, 0.1) is 6.10 Å². The van der Waals surface area contributed by atoms with Gasteiger partial charge in [-0.1, -0.05) is 24.3 Å². The van der Waals surface area contributed by atoms with Gasteiger partial charge in [0.1, 0.15) is 11.6 Å². The molecule has 0 aromatic heterocycles. The molecule has 0 aliphatic heterocycles. The normalized spacial score (nSPS) is 12.3. The Balaban J connectivity index is 0.00000338. The number of halogens is 3. The van der Waals surface area contributed by atoms with E-state index < -0.39 is 0 Å². The van der Waals surface area contributed by atoms with E-state index in [4.69, 9.17) is 4.74 Å². The summed E-state index contributed by atoms with van der Waals surface area (Å²) in [5.41, 5.74) is 1.86. The molecule has 0 heterocycles. The molecule has 0 spiro atoms. The van der Waals surface area contributed by atoms with Gasteiger partial charge in [0.15, 0.2) is 5.96 Å². The fourth-order valence-electron chi connectivity index (χ4n) is 2.52. The minimum atomic E-state index is -0.276. The van der Waals surface area contributed by atoms with Crippen molar-refractivity contribution in [2.75, 3.05) is 27.7 Å². The van der Waals surface area contributed by atoms with E-state index in [9.17, 15) is 8.78 Å². The lowest BCUT2D eigenvalue weighted by Gasteiger charge is -2.24. The van der Waals surface area contributed by atoms with Crippen LogP contribution < -0.4 is 5.32 Å². The topological polar surface area (TPSA) is 36.9 Å². The van der Waals surface area contributed by atoms with E-state index in [1.54, 1.807) is 38.4 Å². The van der Waals surface area contributed by atoms with Gasteiger partial charge in [-0.25, -0.2) is 8.78 Å². The molecular formula is C19H24F2IN3O. The van der Waals surface area contributed by atoms with Crippen molar-refractivity contribution >= 4 is 29.9 Å². The third-order valence-electron chi connectivity index (χ3n) is 3.88. The number of methoxy groups -OCH3 is 1. The molecule has 1 atom stereocenters. The molecule has 0 amide bonds. The molecule has 2 aromatic rings. The Morgan fingerprint density at radius 2 is 1.62 bits per heavy atom. The number of hydrogen-bond donors (Lipinski definition) is 1. The SMILES string of the molecule is CN=C(NCC(OC)c1ccc(F)cc1)N(C)Cc1ccc(F)cc1.I. The van der Waals surface area contributed by atoms with Crippen molar-refractivity contribution < 1.29 is 13.5 Å². The minimum Gasteiger partial charge on any atom is -0.375 e. The van der Waals surface area contributed by atoms with Gasteiger partial charge in [-0.15, -0.1) is 24.0 Å². The van der Waals surface area contributed by atoms with Crippen LogP contribution in [0.15, 0.2) is 53.5 Å². The Kier molecular flexibility index (Phi) is 9.50. The number of nitrogens with zero attached hydrogens (tertiary/aromatic N) is 2. The van der Waals surface area contributed by atoms with E-state index in [1.807, 2.05) is 11.9 Å². The third kappa shape index (κ3) is 6.53. The maximum absolute atomic E-state index is 13.1. The Bertz CT molecular complexity index is 693. The molecule has 26 heavy (non-hydrogen) atoms. The number of ether oxygens (including phenoxy) is 1. The zero-order chi connectivity index (χ0) is 18.2. The quantitative estimate of drug-likeness (QED) is 0.390. The Morgan fingerprint density at radius 3 is 2.12 bits per heavy atom. The Hall–Kier alpha value is -1.74. The number of rotatable bonds is 6. The van der Waals surface area contributed by atoms with Crippen LogP contribution in [-0.4, -0.2) is 38.6 Å². The maximum Gasteiger partial charge on any atom is 0.193 e. The van der Waals surface area contributed by atoms with E-state index in [0.717, 1.165) is 11.1 Å². The summed E-state index contributed by atoms with van der Waals surface area (Å²) >= 11 is 0. The molecular weight excluding hydrogens is 451 g/mol. The van der Waals surface area contributed by atoms with E-state index in [0.29, 0.717) is 19.0 Å². The lowest BCUT2D eigenvalue weighted by Crippen LogP contribution is -2.40. The first kappa shape index (κ1) is 22.3. The Labute approximate surface area is 170 Å². The molecule has 1 N–H and O–H groups in total. The zero-order valence-corrected chi connectivity index (χ0v) is 17.4. The molecule has 0 radical (unpaired) electrons. The highest BCUT2D eigenvalue weighted by Crippen LogP contribution is 2.16. The molecule has 0 saturated carbocycles. The largest absolute Gasteiger partial charge is 0.375 e. The summed E-state index contributed by atoms with van der Waals surface area (Å²) in [5, 5.41) is 3.25. The average molecular weight is 475 g/mol. The maximum atomic E-state index is 13.1. The smallest absolute Gasteiger partial charge is 0.193 e. The summed E-state index contributed by atoms with van der Waals surface area (Å²) in [6.07, 6.45) is -0.225. The van der Waals surface area contributed by atoms with Crippen LogP contribution in [0.4, 0.5) is 8.78 Å². The van der Waals surface area contributed by atoms with Crippen molar-refractivity contribution in [3.05, 3.63) is 71.3 Å². The van der Waals surface area contributed by atoms with Crippen molar-refractivity contribution in [1.29, 1.82) is 0 Å². The van der Waals surface area contributed by atoms with Crippen molar-refractivity contribution in [1.82, 2.24) is 10.2 Å². The summed E-state index contributed by atoms with van der Waals surface area (Å²) in [6.45, 7) is 1.08. The monoisotopic (exact) mass is 475 g/mol. The number of nitrogens with one attached hydrogen (secondary N) is 1. The van der Waals surface area contributed by atoms with E-state index >= 15 is 0 Å². The van der Waals surface area contributed by atoms with Gasteiger partial charge in [-0.3, -0.25) is 4.99 Å². The number of hydrogen-bond acceptors (Lipinski definition) is 2. The second-order valence-electron chi connectivity index (χ2n) is 5.69. The first-order valence-electron chi connectivity index (χ1n) is 7.98. The van der Waals surface area contributed by atoms with Crippen LogP contribution in [0.25, 0.3) is 0 Å². The molecule has 1 unspecified atom stereocenters. The van der Waals surface area contributed by atoms with Crippen molar-refractivity contribution in [2.45, 2.75) is 12.6 Å². The van der Waals surface area contributed by atoms with Gasteiger partial charge >= 0.3 is 0 Å². The van der Waals surface area contributed by atoms with Crippen LogP contribution in [0.5, 0.6) is 0 Å². The first-order valence-corrected chi connectivity index (χ1v) is 7.98. The molecule has 0 saturated heterocycles. The van der Waals surface area contributed by atoms with Gasteiger partial charge in [0.25, 0.3) is 0 Å².